The lowest BCUT2D eigenvalue weighted by molar-refractivity contribution is 0.443. The van der Waals surface area contributed by atoms with E-state index in [4.69, 9.17) is 9.08 Å². The molecule has 0 unspecified atom stereocenters. The summed E-state index contributed by atoms with van der Waals surface area (Å²) in [5.41, 5.74) is 0.266. The van der Waals surface area contributed by atoms with Crippen LogP contribution < -0.4 is 0 Å². The first-order valence-electron chi connectivity index (χ1n) is 3.95. The lowest BCUT2D eigenvalue weighted by atomic mass is 10.2. The van der Waals surface area contributed by atoms with Gasteiger partial charge in [-0.1, -0.05) is 5.16 Å². The summed E-state index contributed by atoms with van der Waals surface area (Å²) >= 11 is 0. The van der Waals surface area contributed by atoms with Gasteiger partial charge in [0.25, 0.3) is 10.1 Å². The summed E-state index contributed by atoms with van der Waals surface area (Å²) in [6, 6.07) is 3.61. The molecule has 15 heavy (non-hydrogen) atoms. The number of aromatic nitrogens is 1. The summed E-state index contributed by atoms with van der Waals surface area (Å²) in [7, 11) is -4.20. The molecule has 80 valence electrons. The van der Waals surface area contributed by atoms with Gasteiger partial charge in [-0.25, -0.2) is 4.39 Å². The molecule has 0 saturated heterocycles. The van der Waals surface area contributed by atoms with Gasteiger partial charge in [-0.2, -0.15) is 8.42 Å². The van der Waals surface area contributed by atoms with Crippen LogP contribution in [0.3, 0.4) is 0 Å². The van der Waals surface area contributed by atoms with Gasteiger partial charge in [0, 0.05) is 5.39 Å². The largest absolute Gasteiger partial charge is 0.356 e. The van der Waals surface area contributed by atoms with E-state index in [9.17, 15) is 12.8 Å². The monoisotopic (exact) mass is 231 g/mol. The van der Waals surface area contributed by atoms with Crippen LogP contribution in [0.5, 0.6) is 0 Å². The summed E-state index contributed by atoms with van der Waals surface area (Å²) in [5.74, 6) is -1.22. The van der Waals surface area contributed by atoms with Crippen molar-refractivity contribution in [3.05, 3.63) is 29.7 Å². The van der Waals surface area contributed by atoms with Crippen molar-refractivity contribution in [3.63, 3.8) is 0 Å². The molecule has 7 heteroatoms. The Bertz CT molecular complexity index is 604. The maximum absolute atomic E-state index is 12.8. The summed E-state index contributed by atoms with van der Waals surface area (Å²) in [6.45, 7) is 0. The Labute approximate surface area is 84.2 Å². The minimum absolute atomic E-state index is 0.00741. The van der Waals surface area contributed by atoms with Crippen LogP contribution >= 0.6 is 0 Å². The van der Waals surface area contributed by atoms with Crippen LogP contribution in [0.2, 0.25) is 0 Å². The maximum Gasteiger partial charge on any atom is 0.270 e. The number of hydrogen-bond donors (Lipinski definition) is 1. The standard InChI is InChI=1S/C8H6FNO4S/c9-5-1-2-8-6(3-5)7(10-14-8)4-15(11,12)13/h1-3H,4H2,(H,11,12,13). The van der Waals surface area contributed by atoms with Crippen LogP contribution in [-0.2, 0) is 15.9 Å². The first kappa shape index (κ1) is 10.1. The Morgan fingerprint density at radius 3 is 2.87 bits per heavy atom. The van der Waals surface area contributed by atoms with Crippen molar-refractivity contribution in [2.75, 3.05) is 0 Å². The summed E-state index contributed by atoms with van der Waals surface area (Å²) in [4.78, 5) is 0. The van der Waals surface area contributed by atoms with Crippen molar-refractivity contribution in [1.82, 2.24) is 5.16 Å². The second-order valence-corrected chi connectivity index (χ2v) is 4.45. The number of fused-ring (bicyclic) bond motifs is 1. The van der Waals surface area contributed by atoms with Gasteiger partial charge in [-0.3, -0.25) is 4.55 Å². The highest BCUT2D eigenvalue weighted by Crippen LogP contribution is 2.20. The molecule has 0 bridgehead atoms. The summed E-state index contributed by atoms with van der Waals surface area (Å²) in [5, 5.41) is 3.68. The van der Waals surface area contributed by atoms with Gasteiger partial charge < -0.3 is 4.52 Å². The molecule has 1 N–H and O–H groups in total. The Morgan fingerprint density at radius 2 is 2.20 bits per heavy atom. The molecule has 0 aliphatic heterocycles. The highest BCUT2D eigenvalue weighted by atomic mass is 32.2. The number of rotatable bonds is 2. The van der Waals surface area contributed by atoms with Crippen LogP contribution in [0.4, 0.5) is 4.39 Å². The molecular weight excluding hydrogens is 225 g/mol. The lowest BCUT2D eigenvalue weighted by Gasteiger charge is -1.92. The van der Waals surface area contributed by atoms with Crippen molar-refractivity contribution < 1.29 is 21.9 Å². The van der Waals surface area contributed by atoms with E-state index in [1.165, 1.54) is 12.1 Å². The molecule has 0 aliphatic rings. The first-order chi connectivity index (χ1) is 6.96. The minimum atomic E-state index is -4.20. The van der Waals surface area contributed by atoms with E-state index < -0.39 is 21.7 Å². The Kier molecular flexibility index (Phi) is 2.20. The van der Waals surface area contributed by atoms with Gasteiger partial charge in [0.15, 0.2) is 5.58 Å². The van der Waals surface area contributed by atoms with E-state index in [0.717, 1.165) is 6.07 Å². The number of halogens is 1. The molecule has 0 aliphatic carbocycles. The molecule has 0 radical (unpaired) electrons. The number of hydrogen-bond acceptors (Lipinski definition) is 4. The molecule has 5 nitrogen and oxygen atoms in total. The van der Waals surface area contributed by atoms with Gasteiger partial charge in [-0.15, -0.1) is 0 Å². The second kappa shape index (κ2) is 3.28. The molecule has 1 heterocycles. The first-order valence-corrected chi connectivity index (χ1v) is 5.55. The third-order valence-electron chi connectivity index (χ3n) is 1.83. The average Bonchev–Trinajstić information content (AvgIpc) is 2.46. The topological polar surface area (TPSA) is 80.4 Å². The summed E-state index contributed by atoms with van der Waals surface area (Å²) < 4.78 is 47.4. The number of nitrogens with zero attached hydrogens (tertiary/aromatic N) is 1. The fourth-order valence-electron chi connectivity index (χ4n) is 1.24. The highest BCUT2D eigenvalue weighted by molar-refractivity contribution is 7.85. The van der Waals surface area contributed by atoms with Gasteiger partial charge in [-0.05, 0) is 18.2 Å². The van der Waals surface area contributed by atoms with E-state index in [2.05, 4.69) is 5.16 Å². The quantitative estimate of drug-likeness (QED) is 0.789. The van der Waals surface area contributed by atoms with E-state index in [0.29, 0.717) is 0 Å². The van der Waals surface area contributed by atoms with Gasteiger partial charge >= 0.3 is 0 Å². The zero-order valence-corrected chi connectivity index (χ0v) is 8.16. The van der Waals surface area contributed by atoms with Crippen LogP contribution in [0.15, 0.2) is 22.7 Å². The molecule has 0 spiro atoms. The van der Waals surface area contributed by atoms with Crippen LogP contribution in [0.25, 0.3) is 11.0 Å². The zero-order valence-electron chi connectivity index (χ0n) is 7.34. The van der Waals surface area contributed by atoms with Crippen molar-refractivity contribution in [2.45, 2.75) is 5.75 Å². The summed E-state index contributed by atoms with van der Waals surface area (Å²) in [6.07, 6.45) is 0. The fourth-order valence-corrected chi connectivity index (χ4v) is 1.79. The van der Waals surface area contributed by atoms with Crippen LogP contribution in [-0.4, -0.2) is 18.1 Å². The van der Waals surface area contributed by atoms with E-state index in [1.54, 1.807) is 0 Å². The Morgan fingerprint density at radius 1 is 1.47 bits per heavy atom. The highest BCUT2D eigenvalue weighted by Gasteiger charge is 2.15. The predicted octanol–water partition coefficient (Wildman–Crippen LogP) is 1.35. The molecular formula is C8H6FNO4S. The van der Waals surface area contributed by atoms with Gasteiger partial charge in [0.2, 0.25) is 0 Å². The Hall–Kier alpha value is -1.47. The fraction of sp³-hybridized carbons (Fsp3) is 0.125. The maximum atomic E-state index is 12.8. The molecule has 0 amide bonds. The molecule has 0 fully saturated rings. The zero-order chi connectivity index (χ0) is 11.1. The van der Waals surface area contributed by atoms with Crippen molar-refractivity contribution in [3.8, 4) is 0 Å². The smallest absolute Gasteiger partial charge is 0.270 e. The molecule has 1 aromatic heterocycles. The van der Waals surface area contributed by atoms with Crippen molar-refractivity contribution in [2.24, 2.45) is 0 Å². The number of benzene rings is 1. The lowest BCUT2D eigenvalue weighted by Crippen LogP contribution is -2.01. The predicted molar refractivity (Wildman–Crippen MR) is 49.2 cm³/mol. The SMILES string of the molecule is O=S(=O)(O)Cc1noc2ccc(F)cc12. The normalized spacial score (nSPS) is 12.1. The van der Waals surface area contributed by atoms with E-state index in [1.807, 2.05) is 0 Å². The van der Waals surface area contributed by atoms with Gasteiger partial charge in [0.05, 0.1) is 0 Å². The Balaban J connectivity index is 2.57. The molecule has 2 aromatic rings. The van der Waals surface area contributed by atoms with Crippen molar-refractivity contribution in [1.29, 1.82) is 0 Å². The third kappa shape index (κ3) is 2.13. The molecule has 0 atom stereocenters. The molecule has 1 aromatic carbocycles. The molecule has 2 rings (SSSR count). The minimum Gasteiger partial charge on any atom is -0.356 e. The second-order valence-electron chi connectivity index (χ2n) is 3.00. The van der Waals surface area contributed by atoms with E-state index >= 15 is 0 Å². The van der Waals surface area contributed by atoms with E-state index in [-0.39, 0.29) is 16.7 Å². The van der Waals surface area contributed by atoms with Gasteiger partial charge in [0.1, 0.15) is 17.3 Å². The van der Waals surface area contributed by atoms with Crippen LogP contribution in [0, 0.1) is 5.82 Å². The van der Waals surface area contributed by atoms with Crippen LogP contribution in [0.1, 0.15) is 5.69 Å². The average molecular weight is 231 g/mol. The third-order valence-corrected chi connectivity index (χ3v) is 2.46. The molecule has 0 saturated carbocycles. The van der Waals surface area contributed by atoms with Crippen molar-refractivity contribution >= 4 is 21.1 Å².